The van der Waals surface area contributed by atoms with Crippen LogP contribution in [0.5, 0.6) is 0 Å². The molecule has 3 rings (SSSR count). The summed E-state index contributed by atoms with van der Waals surface area (Å²) in [6.07, 6.45) is 0.695. The van der Waals surface area contributed by atoms with Crippen molar-refractivity contribution < 1.29 is 4.79 Å². The van der Waals surface area contributed by atoms with Crippen LogP contribution in [0, 0.1) is 0 Å². The minimum atomic E-state index is -0.140. The van der Waals surface area contributed by atoms with Crippen LogP contribution in [0.1, 0.15) is 5.56 Å². The second-order valence-corrected chi connectivity index (χ2v) is 7.46. The highest BCUT2D eigenvalue weighted by molar-refractivity contribution is 9.10. The molecule has 5 heteroatoms. The van der Waals surface area contributed by atoms with Gasteiger partial charge in [0.1, 0.15) is 4.32 Å². The summed E-state index contributed by atoms with van der Waals surface area (Å²) in [5, 5.41) is -0.140. The Morgan fingerprint density at radius 2 is 1.76 bits per heavy atom. The van der Waals surface area contributed by atoms with E-state index in [-0.39, 0.29) is 11.2 Å². The Labute approximate surface area is 141 Å². The predicted molar refractivity (Wildman–Crippen MR) is 95.8 cm³/mol. The van der Waals surface area contributed by atoms with E-state index in [2.05, 4.69) is 15.9 Å². The van der Waals surface area contributed by atoms with Crippen molar-refractivity contribution in [1.82, 2.24) is 0 Å². The number of hydrogen-bond donors (Lipinski definition) is 0. The molecule has 0 N–H and O–H groups in total. The van der Waals surface area contributed by atoms with E-state index in [0.717, 1.165) is 15.7 Å². The number of thiocarbonyl (C=S) groups is 1. The molecule has 0 saturated carbocycles. The quantitative estimate of drug-likeness (QED) is 0.738. The van der Waals surface area contributed by atoms with E-state index in [1.54, 1.807) is 4.90 Å². The van der Waals surface area contributed by atoms with E-state index in [9.17, 15) is 4.79 Å². The monoisotopic (exact) mass is 377 g/mol. The maximum Gasteiger partial charge on any atom is 0.246 e. The van der Waals surface area contributed by atoms with Gasteiger partial charge in [-0.3, -0.25) is 9.69 Å². The number of rotatable bonds is 3. The van der Waals surface area contributed by atoms with Crippen molar-refractivity contribution >= 4 is 55.8 Å². The number of carbonyl (C=O) groups is 1. The fraction of sp³-hybridized carbons (Fsp3) is 0.125. The molecule has 0 aromatic heterocycles. The van der Waals surface area contributed by atoms with Crippen LogP contribution in [0.2, 0.25) is 0 Å². The van der Waals surface area contributed by atoms with Crippen LogP contribution in [0.4, 0.5) is 5.69 Å². The van der Waals surface area contributed by atoms with Gasteiger partial charge in [0.25, 0.3) is 0 Å². The first kappa shape index (κ1) is 14.8. The van der Waals surface area contributed by atoms with Crippen LogP contribution in [0.3, 0.4) is 0 Å². The molecule has 1 aliphatic rings. The summed E-state index contributed by atoms with van der Waals surface area (Å²) in [4.78, 5) is 14.2. The van der Waals surface area contributed by atoms with Crippen LogP contribution in [0.25, 0.3) is 0 Å². The molecule has 2 aromatic rings. The summed E-state index contributed by atoms with van der Waals surface area (Å²) >= 11 is 10.3. The lowest BCUT2D eigenvalue weighted by Gasteiger charge is -2.15. The Morgan fingerprint density at radius 3 is 2.43 bits per heavy atom. The first-order valence-corrected chi connectivity index (χ1v) is 8.57. The van der Waals surface area contributed by atoms with Gasteiger partial charge in [-0.05, 0) is 36.2 Å². The molecule has 0 unspecified atom stereocenters. The van der Waals surface area contributed by atoms with Gasteiger partial charge in [-0.25, -0.2) is 0 Å². The molecule has 0 spiro atoms. The summed E-state index contributed by atoms with van der Waals surface area (Å²) in [7, 11) is 0. The van der Waals surface area contributed by atoms with E-state index >= 15 is 0 Å². The molecule has 0 radical (unpaired) electrons. The van der Waals surface area contributed by atoms with Crippen molar-refractivity contribution in [3.8, 4) is 0 Å². The largest absolute Gasteiger partial charge is 0.273 e. The standard InChI is InChI=1S/C16H12BrNOS2/c17-12-8-6-11(7-9-12)10-14-15(19)18(16(20)21-14)13-4-2-1-3-5-13/h1-9,14H,10H2/t14-/m0/s1. The van der Waals surface area contributed by atoms with Crippen molar-refractivity contribution in [2.24, 2.45) is 0 Å². The van der Waals surface area contributed by atoms with Gasteiger partial charge in [0, 0.05) is 4.47 Å². The van der Waals surface area contributed by atoms with Crippen molar-refractivity contribution in [2.75, 3.05) is 4.90 Å². The topological polar surface area (TPSA) is 20.3 Å². The van der Waals surface area contributed by atoms with Crippen LogP contribution >= 0.6 is 39.9 Å². The van der Waals surface area contributed by atoms with Gasteiger partial charge in [0.05, 0.1) is 10.9 Å². The SMILES string of the molecule is O=C1[C@H](Cc2ccc(Br)cc2)SC(=S)N1c1ccccc1. The number of carbonyl (C=O) groups excluding carboxylic acids is 1. The van der Waals surface area contributed by atoms with Crippen molar-refractivity contribution in [3.05, 3.63) is 64.6 Å². The predicted octanol–water partition coefficient (Wildman–Crippen LogP) is 4.43. The maximum absolute atomic E-state index is 12.6. The molecule has 21 heavy (non-hydrogen) atoms. The van der Waals surface area contributed by atoms with Gasteiger partial charge < -0.3 is 0 Å². The fourth-order valence-electron chi connectivity index (χ4n) is 2.23. The van der Waals surface area contributed by atoms with Crippen molar-refractivity contribution in [2.45, 2.75) is 11.7 Å². The van der Waals surface area contributed by atoms with Crippen molar-refractivity contribution in [3.63, 3.8) is 0 Å². The summed E-state index contributed by atoms with van der Waals surface area (Å²) in [6, 6.07) is 17.6. The normalized spacial score (nSPS) is 18.3. The average Bonchev–Trinajstić information content (AvgIpc) is 2.77. The number of anilines is 1. The van der Waals surface area contributed by atoms with Crippen LogP contribution in [-0.4, -0.2) is 15.5 Å². The van der Waals surface area contributed by atoms with Gasteiger partial charge >= 0.3 is 0 Å². The van der Waals surface area contributed by atoms with Gasteiger partial charge in [-0.2, -0.15) is 0 Å². The molecule has 1 atom stereocenters. The lowest BCUT2D eigenvalue weighted by atomic mass is 10.1. The Bertz CT molecular complexity index is 672. The second kappa shape index (κ2) is 6.30. The number of para-hydroxylation sites is 1. The molecule has 1 saturated heterocycles. The summed E-state index contributed by atoms with van der Waals surface area (Å²) < 4.78 is 1.67. The molecule has 106 valence electrons. The highest BCUT2D eigenvalue weighted by Gasteiger charge is 2.37. The van der Waals surface area contributed by atoms with Gasteiger partial charge in [-0.1, -0.05) is 70.2 Å². The van der Waals surface area contributed by atoms with Gasteiger partial charge in [0.15, 0.2) is 0 Å². The molecular formula is C16H12BrNOS2. The first-order chi connectivity index (χ1) is 10.1. The Kier molecular flexibility index (Phi) is 4.42. The van der Waals surface area contributed by atoms with E-state index < -0.39 is 0 Å². The molecule has 2 aromatic carbocycles. The number of hydrogen-bond acceptors (Lipinski definition) is 3. The van der Waals surface area contributed by atoms with Crippen LogP contribution in [-0.2, 0) is 11.2 Å². The van der Waals surface area contributed by atoms with Crippen molar-refractivity contribution in [1.29, 1.82) is 0 Å². The molecule has 1 amide bonds. The minimum Gasteiger partial charge on any atom is -0.273 e. The Morgan fingerprint density at radius 1 is 1.10 bits per heavy atom. The Hall–Kier alpha value is -1.17. The van der Waals surface area contributed by atoms with E-state index in [4.69, 9.17) is 12.2 Å². The molecular weight excluding hydrogens is 366 g/mol. The molecule has 2 nitrogen and oxygen atoms in total. The Balaban J connectivity index is 1.79. The maximum atomic E-state index is 12.6. The molecule has 0 aliphatic carbocycles. The zero-order valence-corrected chi connectivity index (χ0v) is 14.2. The van der Waals surface area contributed by atoms with Gasteiger partial charge in [0.2, 0.25) is 5.91 Å². The highest BCUT2D eigenvalue weighted by atomic mass is 79.9. The zero-order valence-electron chi connectivity index (χ0n) is 11.0. The number of nitrogens with zero attached hydrogens (tertiary/aromatic N) is 1. The minimum absolute atomic E-state index is 0.0686. The van der Waals surface area contributed by atoms with Crippen LogP contribution in [0.15, 0.2) is 59.1 Å². The molecule has 1 fully saturated rings. The number of halogens is 1. The summed E-state index contributed by atoms with van der Waals surface area (Å²) in [6.45, 7) is 0. The fourth-order valence-corrected chi connectivity index (χ4v) is 4.07. The van der Waals surface area contributed by atoms with Crippen LogP contribution < -0.4 is 4.90 Å². The number of amides is 1. The highest BCUT2D eigenvalue weighted by Crippen LogP contribution is 2.33. The summed E-state index contributed by atoms with van der Waals surface area (Å²) in [5.41, 5.74) is 1.99. The average molecular weight is 378 g/mol. The molecule has 1 aliphatic heterocycles. The molecule has 1 heterocycles. The first-order valence-electron chi connectivity index (χ1n) is 6.49. The third-order valence-corrected chi connectivity index (χ3v) is 5.31. The molecule has 0 bridgehead atoms. The van der Waals surface area contributed by atoms with Gasteiger partial charge in [-0.15, -0.1) is 0 Å². The van der Waals surface area contributed by atoms with E-state index in [1.807, 2.05) is 54.6 Å². The lowest BCUT2D eigenvalue weighted by molar-refractivity contribution is -0.116. The zero-order chi connectivity index (χ0) is 14.8. The van der Waals surface area contributed by atoms with E-state index in [1.165, 1.54) is 11.8 Å². The summed E-state index contributed by atoms with van der Waals surface area (Å²) in [5.74, 6) is 0.0686. The lowest BCUT2D eigenvalue weighted by Crippen LogP contribution is -2.31. The smallest absolute Gasteiger partial charge is 0.246 e. The third kappa shape index (κ3) is 3.20. The number of thioether (sulfide) groups is 1. The second-order valence-electron chi connectivity index (χ2n) is 4.71. The number of benzene rings is 2. The van der Waals surface area contributed by atoms with E-state index in [0.29, 0.717) is 10.7 Å². The third-order valence-electron chi connectivity index (χ3n) is 3.27.